The minimum Gasteiger partial charge on any atom is -0.496 e. The predicted molar refractivity (Wildman–Crippen MR) is 92.6 cm³/mol. The van der Waals surface area contributed by atoms with E-state index >= 15 is 0 Å². The molecule has 120 valence electrons. The van der Waals surface area contributed by atoms with Crippen LogP contribution < -0.4 is 4.74 Å². The van der Waals surface area contributed by atoms with Crippen LogP contribution in [0.2, 0.25) is 0 Å². The van der Waals surface area contributed by atoms with E-state index in [-0.39, 0.29) is 12.4 Å². The lowest BCUT2D eigenvalue weighted by Gasteiger charge is -2.30. The maximum atomic E-state index is 5.34. The number of halogens is 1. The molecule has 0 heterocycles. The van der Waals surface area contributed by atoms with Crippen LogP contribution in [0.15, 0.2) is 18.2 Å². The molecular formula is C18H30ClNO. The van der Waals surface area contributed by atoms with Gasteiger partial charge in [-0.05, 0) is 44.0 Å². The van der Waals surface area contributed by atoms with Crippen LogP contribution in [0.5, 0.6) is 5.75 Å². The zero-order valence-corrected chi connectivity index (χ0v) is 14.5. The topological polar surface area (TPSA) is 12.5 Å². The Morgan fingerprint density at radius 3 is 2.29 bits per heavy atom. The van der Waals surface area contributed by atoms with Gasteiger partial charge in [-0.3, -0.25) is 4.90 Å². The van der Waals surface area contributed by atoms with Crippen molar-refractivity contribution in [1.29, 1.82) is 0 Å². The van der Waals surface area contributed by atoms with Crippen molar-refractivity contribution in [2.24, 2.45) is 0 Å². The lowest BCUT2D eigenvalue weighted by atomic mass is 9.95. The van der Waals surface area contributed by atoms with Crippen molar-refractivity contribution in [3.8, 4) is 5.75 Å². The molecule has 0 aliphatic heterocycles. The lowest BCUT2D eigenvalue weighted by Crippen LogP contribution is -2.31. The normalized spacial score (nSPS) is 17.0. The average Bonchev–Trinajstić information content (AvgIpc) is 2.38. The first-order chi connectivity index (χ1) is 9.70. The van der Waals surface area contributed by atoms with Crippen LogP contribution in [0.4, 0.5) is 0 Å². The second-order valence-electron chi connectivity index (χ2n) is 6.22. The molecule has 0 saturated heterocycles. The highest BCUT2D eigenvalue weighted by Gasteiger charge is 2.16. The summed E-state index contributed by atoms with van der Waals surface area (Å²) in [6.07, 6.45) is 9.82. The van der Waals surface area contributed by atoms with Gasteiger partial charge in [0, 0.05) is 12.6 Å². The summed E-state index contributed by atoms with van der Waals surface area (Å²) < 4.78 is 5.34. The van der Waals surface area contributed by atoms with Crippen LogP contribution in [-0.2, 0) is 6.54 Å². The molecule has 1 aromatic carbocycles. The van der Waals surface area contributed by atoms with Crippen molar-refractivity contribution in [2.45, 2.75) is 64.5 Å². The van der Waals surface area contributed by atoms with Crippen molar-refractivity contribution in [3.05, 3.63) is 29.3 Å². The van der Waals surface area contributed by atoms with E-state index in [0.717, 1.165) is 18.3 Å². The van der Waals surface area contributed by atoms with Gasteiger partial charge in [0.2, 0.25) is 0 Å². The zero-order valence-electron chi connectivity index (χ0n) is 13.7. The Morgan fingerprint density at radius 1 is 1.10 bits per heavy atom. The molecule has 1 saturated carbocycles. The van der Waals surface area contributed by atoms with Crippen molar-refractivity contribution in [1.82, 2.24) is 4.90 Å². The highest BCUT2D eigenvalue weighted by atomic mass is 35.5. The standard InChI is InChI=1S/C18H29NO.ClH/c1-15-13-16(11-12-18(15)20-3)14-19(2)17-9-7-5-4-6-8-10-17;/h11-13,17H,4-10,14H2,1-3H3;1H. The largest absolute Gasteiger partial charge is 0.496 e. The van der Waals surface area contributed by atoms with Crippen molar-refractivity contribution in [2.75, 3.05) is 14.2 Å². The van der Waals surface area contributed by atoms with Gasteiger partial charge in [0.15, 0.2) is 0 Å². The summed E-state index contributed by atoms with van der Waals surface area (Å²) in [7, 11) is 4.02. The van der Waals surface area contributed by atoms with Gasteiger partial charge in [0.25, 0.3) is 0 Å². The molecule has 0 spiro atoms. The molecule has 0 aromatic heterocycles. The summed E-state index contributed by atoms with van der Waals surface area (Å²) in [5.41, 5.74) is 2.63. The highest BCUT2D eigenvalue weighted by Crippen LogP contribution is 2.23. The van der Waals surface area contributed by atoms with Gasteiger partial charge in [-0.25, -0.2) is 0 Å². The van der Waals surface area contributed by atoms with Crippen molar-refractivity contribution in [3.63, 3.8) is 0 Å². The Kier molecular flexibility index (Phi) is 8.13. The van der Waals surface area contributed by atoms with Crippen LogP contribution in [0.3, 0.4) is 0 Å². The number of hydrogen-bond donors (Lipinski definition) is 0. The van der Waals surface area contributed by atoms with Gasteiger partial charge in [-0.2, -0.15) is 0 Å². The number of nitrogens with zero attached hydrogens (tertiary/aromatic N) is 1. The fraction of sp³-hybridized carbons (Fsp3) is 0.667. The Hall–Kier alpha value is -0.730. The number of hydrogen-bond acceptors (Lipinski definition) is 2. The van der Waals surface area contributed by atoms with Crippen LogP contribution in [0.1, 0.15) is 56.1 Å². The predicted octanol–water partition coefficient (Wildman–Crippen LogP) is 4.97. The van der Waals surface area contributed by atoms with E-state index in [9.17, 15) is 0 Å². The molecular weight excluding hydrogens is 282 g/mol. The molecule has 0 atom stereocenters. The van der Waals surface area contributed by atoms with Gasteiger partial charge >= 0.3 is 0 Å². The highest BCUT2D eigenvalue weighted by molar-refractivity contribution is 5.85. The number of ether oxygens (including phenoxy) is 1. The van der Waals surface area contributed by atoms with E-state index in [1.165, 1.54) is 56.1 Å². The summed E-state index contributed by atoms with van der Waals surface area (Å²) in [5, 5.41) is 0. The van der Waals surface area contributed by atoms with Crippen molar-refractivity contribution >= 4 is 12.4 Å². The van der Waals surface area contributed by atoms with Crippen LogP contribution in [-0.4, -0.2) is 25.1 Å². The van der Waals surface area contributed by atoms with Gasteiger partial charge < -0.3 is 4.74 Å². The molecule has 1 aliphatic rings. The molecule has 3 heteroatoms. The number of aryl methyl sites for hydroxylation is 1. The Morgan fingerprint density at radius 2 is 1.71 bits per heavy atom. The lowest BCUT2D eigenvalue weighted by molar-refractivity contribution is 0.195. The molecule has 0 unspecified atom stereocenters. The molecule has 0 amide bonds. The Labute approximate surface area is 136 Å². The molecule has 0 radical (unpaired) electrons. The van der Waals surface area contributed by atoms with Gasteiger partial charge in [-0.1, -0.05) is 44.2 Å². The van der Waals surface area contributed by atoms with Crippen molar-refractivity contribution < 1.29 is 4.74 Å². The second-order valence-corrected chi connectivity index (χ2v) is 6.22. The first kappa shape index (κ1) is 18.3. The summed E-state index contributed by atoms with van der Waals surface area (Å²) >= 11 is 0. The third kappa shape index (κ3) is 5.52. The zero-order chi connectivity index (χ0) is 14.4. The molecule has 0 bridgehead atoms. The van der Waals surface area contributed by atoms with Crippen LogP contribution in [0.25, 0.3) is 0 Å². The quantitative estimate of drug-likeness (QED) is 0.778. The summed E-state index contributed by atoms with van der Waals surface area (Å²) in [4.78, 5) is 2.55. The maximum Gasteiger partial charge on any atom is 0.121 e. The average molecular weight is 312 g/mol. The fourth-order valence-electron chi connectivity index (χ4n) is 3.33. The molecule has 0 N–H and O–H groups in total. The third-order valence-corrected chi connectivity index (χ3v) is 4.59. The molecule has 2 rings (SSSR count). The van der Waals surface area contributed by atoms with E-state index in [2.05, 4.69) is 37.1 Å². The SMILES string of the molecule is COc1ccc(CN(C)C2CCCCCCC2)cc1C.Cl. The van der Waals surface area contributed by atoms with E-state index < -0.39 is 0 Å². The monoisotopic (exact) mass is 311 g/mol. The van der Waals surface area contributed by atoms with Gasteiger partial charge in [0.05, 0.1) is 7.11 Å². The fourth-order valence-corrected chi connectivity index (χ4v) is 3.33. The maximum absolute atomic E-state index is 5.34. The summed E-state index contributed by atoms with van der Waals surface area (Å²) in [6, 6.07) is 7.32. The van der Waals surface area contributed by atoms with Gasteiger partial charge in [-0.15, -0.1) is 12.4 Å². The molecule has 1 fully saturated rings. The number of methoxy groups -OCH3 is 1. The molecule has 21 heavy (non-hydrogen) atoms. The Bertz CT molecular complexity index is 414. The van der Waals surface area contributed by atoms with Crippen LogP contribution >= 0.6 is 12.4 Å². The summed E-state index contributed by atoms with van der Waals surface area (Å²) in [5.74, 6) is 0.988. The van der Waals surface area contributed by atoms with E-state index in [4.69, 9.17) is 4.74 Å². The van der Waals surface area contributed by atoms with E-state index in [1.54, 1.807) is 7.11 Å². The van der Waals surface area contributed by atoms with Crippen LogP contribution in [0, 0.1) is 6.92 Å². The summed E-state index contributed by atoms with van der Waals surface area (Å²) in [6.45, 7) is 3.17. The first-order valence-electron chi connectivity index (χ1n) is 8.04. The second kappa shape index (κ2) is 9.32. The molecule has 1 aliphatic carbocycles. The number of rotatable bonds is 4. The smallest absolute Gasteiger partial charge is 0.121 e. The minimum atomic E-state index is 0. The van der Waals surface area contributed by atoms with Gasteiger partial charge in [0.1, 0.15) is 5.75 Å². The Balaban J connectivity index is 0.00000220. The number of benzene rings is 1. The third-order valence-electron chi connectivity index (χ3n) is 4.59. The van der Waals surface area contributed by atoms with E-state index in [1.807, 2.05) is 0 Å². The molecule has 1 aromatic rings. The first-order valence-corrected chi connectivity index (χ1v) is 8.04. The van der Waals surface area contributed by atoms with E-state index in [0.29, 0.717) is 0 Å². The minimum absolute atomic E-state index is 0. The molecule has 2 nitrogen and oxygen atoms in total.